The van der Waals surface area contributed by atoms with E-state index in [-0.39, 0.29) is 11.3 Å². The van der Waals surface area contributed by atoms with Gasteiger partial charge in [0, 0.05) is 11.3 Å². The van der Waals surface area contributed by atoms with Gasteiger partial charge < -0.3 is 10.8 Å². The zero-order valence-corrected chi connectivity index (χ0v) is 8.51. The Kier molecular flexibility index (Phi) is 3.63. The van der Waals surface area contributed by atoms with E-state index < -0.39 is 24.1 Å². The molecule has 0 unspecified atom stereocenters. The van der Waals surface area contributed by atoms with Crippen LogP contribution >= 0.6 is 0 Å². The number of halogens is 3. The van der Waals surface area contributed by atoms with Crippen molar-refractivity contribution in [3.63, 3.8) is 0 Å². The first kappa shape index (κ1) is 12.9. The number of carboxylic acid groups (broad SMARTS) is 1. The fraction of sp³-hybridized carbons (Fsp3) is 0.182. The van der Waals surface area contributed by atoms with Crippen molar-refractivity contribution in [3.8, 4) is 11.8 Å². The second-order valence-electron chi connectivity index (χ2n) is 3.21. The van der Waals surface area contributed by atoms with Crippen molar-refractivity contribution in [2.75, 3.05) is 5.73 Å². The Morgan fingerprint density at radius 2 is 2.00 bits per heavy atom. The molecule has 0 saturated heterocycles. The van der Waals surface area contributed by atoms with Crippen LogP contribution in [0.3, 0.4) is 0 Å². The Morgan fingerprint density at radius 3 is 2.53 bits per heavy atom. The number of nitrogens with two attached hydrogens (primary N) is 1. The summed E-state index contributed by atoms with van der Waals surface area (Å²) in [6.45, 7) is 0. The van der Waals surface area contributed by atoms with Crippen LogP contribution in [0.5, 0.6) is 0 Å². The van der Waals surface area contributed by atoms with Crippen molar-refractivity contribution in [1.82, 2.24) is 0 Å². The molecule has 0 aliphatic rings. The van der Waals surface area contributed by atoms with Gasteiger partial charge in [0.25, 0.3) is 0 Å². The smallest absolute Gasteiger partial charge is 0.416 e. The molecule has 0 saturated carbocycles. The van der Waals surface area contributed by atoms with E-state index in [1.165, 1.54) is 6.07 Å². The number of carbonyl (C=O) groups is 1. The molecule has 0 aliphatic carbocycles. The molecule has 1 aromatic carbocycles. The van der Waals surface area contributed by atoms with Gasteiger partial charge >= 0.3 is 12.1 Å². The van der Waals surface area contributed by atoms with E-state index in [0.717, 1.165) is 12.1 Å². The van der Waals surface area contributed by atoms with Gasteiger partial charge in [0.1, 0.15) is 6.42 Å². The molecule has 0 heterocycles. The van der Waals surface area contributed by atoms with Crippen molar-refractivity contribution in [1.29, 1.82) is 0 Å². The molecule has 0 aromatic heterocycles. The Morgan fingerprint density at radius 1 is 1.35 bits per heavy atom. The van der Waals surface area contributed by atoms with E-state index >= 15 is 0 Å². The van der Waals surface area contributed by atoms with Gasteiger partial charge in [-0.15, -0.1) is 0 Å². The minimum absolute atomic E-state index is 0.0403. The van der Waals surface area contributed by atoms with Gasteiger partial charge in [-0.25, -0.2) is 0 Å². The molecule has 3 N–H and O–H groups in total. The summed E-state index contributed by atoms with van der Waals surface area (Å²) in [6.07, 6.45) is -4.94. The summed E-state index contributed by atoms with van der Waals surface area (Å²) in [7, 11) is 0. The Hall–Kier alpha value is -2.16. The van der Waals surface area contributed by atoms with Crippen LogP contribution in [0.25, 0.3) is 0 Å². The zero-order valence-electron chi connectivity index (χ0n) is 8.51. The molecule has 90 valence electrons. The van der Waals surface area contributed by atoms with Crippen molar-refractivity contribution in [2.24, 2.45) is 0 Å². The van der Waals surface area contributed by atoms with E-state index in [2.05, 4.69) is 11.8 Å². The third-order valence-electron chi connectivity index (χ3n) is 1.76. The first-order valence-corrected chi connectivity index (χ1v) is 4.47. The fourth-order valence-electron chi connectivity index (χ4n) is 1.11. The molecule has 0 amide bonds. The first-order chi connectivity index (χ1) is 7.79. The number of carboxylic acids is 1. The van der Waals surface area contributed by atoms with Crippen LogP contribution < -0.4 is 5.73 Å². The summed E-state index contributed by atoms with van der Waals surface area (Å²) < 4.78 is 37.2. The van der Waals surface area contributed by atoms with Crippen LogP contribution in [0.1, 0.15) is 17.5 Å². The maximum Gasteiger partial charge on any atom is 0.416 e. The molecule has 1 rings (SSSR count). The molecule has 0 spiro atoms. The third kappa shape index (κ3) is 4.07. The highest BCUT2D eigenvalue weighted by Gasteiger charge is 2.30. The predicted molar refractivity (Wildman–Crippen MR) is 55.0 cm³/mol. The number of aliphatic carboxylic acids is 1. The largest absolute Gasteiger partial charge is 0.481 e. The van der Waals surface area contributed by atoms with Gasteiger partial charge in [-0.1, -0.05) is 11.8 Å². The highest BCUT2D eigenvalue weighted by Crippen LogP contribution is 2.31. The molecule has 0 fully saturated rings. The average molecular weight is 243 g/mol. The fourth-order valence-corrected chi connectivity index (χ4v) is 1.11. The minimum Gasteiger partial charge on any atom is -0.481 e. The standard InChI is InChI=1S/C11H8F3NO2/c12-11(13,14)8-4-7(5-9(15)6-8)2-1-3-10(16)17/h4-6H,3,15H2,(H,16,17). The van der Waals surface area contributed by atoms with Gasteiger partial charge in [-0.3, -0.25) is 4.79 Å². The van der Waals surface area contributed by atoms with E-state index in [9.17, 15) is 18.0 Å². The molecular formula is C11H8F3NO2. The van der Waals surface area contributed by atoms with Gasteiger partial charge in [-0.05, 0) is 18.2 Å². The molecule has 1 aromatic rings. The third-order valence-corrected chi connectivity index (χ3v) is 1.76. The SMILES string of the molecule is Nc1cc(C#CCC(=O)O)cc(C(F)(F)F)c1. The van der Waals surface area contributed by atoms with Crippen LogP contribution in [-0.2, 0) is 11.0 Å². The monoisotopic (exact) mass is 243 g/mol. The predicted octanol–water partition coefficient (Wildman–Crippen LogP) is 2.11. The maximum absolute atomic E-state index is 12.4. The van der Waals surface area contributed by atoms with Crippen molar-refractivity contribution in [3.05, 3.63) is 29.3 Å². The maximum atomic E-state index is 12.4. The summed E-state index contributed by atoms with van der Waals surface area (Å²) in [4.78, 5) is 10.2. The summed E-state index contributed by atoms with van der Waals surface area (Å²) in [5.41, 5.74) is 4.37. The lowest BCUT2D eigenvalue weighted by molar-refractivity contribution is -0.138. The van der Waals surface area contributed by atoms with Gasteiger partial charge in [0.15, 0.2) is 0 Å². The lowest BCUT2D eigenvalue weighted by Gasteiger charge is -2.07. The topological polar surface area (TPSA) is 63.3 Å². The van der Waals surface area contributed by atoms with Crippen LogP contribution in [0.2, 0.25) is 0 Å². The highest BCUT2D eigenvalue weighted by molar-refractivity contribution is 5.70. The van der Waals surface area contributed by atoms with Crippen LogP contribution in [-0.4, -0.2) is 11.1 Å². The van der Waals surface area contributed by atoms with Crippen LogP contribution in [0.15, 0.2) is 18.2 Å². The number of benzene rings is 1. The number of nitrogen functional groups attached to an aromatic ring is 1. The summed E-state index contributed by atoms with van der Waals surface area (Å²) in [6, 6.07) is 2.87. The number of alkyl halides is 3. The van der Waals surface area contributed by atoms with E-state index in [1.54, 1.807) is 0 Å². The molecule has 6 heteroatoms. The van der Waals surface area contributed by atoms with E-state index in [1.807, 2.05) is 0 Å². The number of hydrogen-bond acceptors (Lipinski definition) is 2. The summed E-state index contributed by atoms with van der Waals surface area (Å²) in [5, 5.41) is 8.32. The molecule has 3 nitrogen and oxygen atoms in total. The van der Waals surface area contributed by atoms with Gasteiger partial charge in [0.05, 0.1) is 5.56 Å². The molecule has 0 bridgehead atoms. The first-order valence-electron chi connectivity index (χ1n) is 4.47. The van der Waals surface area contributed by atoms with E-state index in [0.29, 0.717) is 0 Å². The normalized spacial score (nSPS) is 10.5. The van der Waals surface area contributed by atoms with Crippen molar-refractivity contribution in [2.45, 2.75) is 12.6 Å². The number of rotatable bonds is 1. The Bertz CT molecular complexity index is 498. The average Bonchev–Trinajstić information content (AvgIpc) is 2.14. The lowest BCUT2D eigenvalue weighted by atomic mass is 10.1. The van der Waals surface area contributed by atoms with Gasteiger partial charge in [0.2, 0.25) is 0 Å². The molecule has 0 radical (unpaired) electrons. The van der Waals surface area contributed by atoms with Crippen LogP contribution in [0.4, 0.5) is 18.9 Å². The Labute approximate surface area is 95.0 Å². The molecular weight excluding hydrogens is 235 g/mol. The number of anilines is 1. The Balaban J connectivity index is 3.05. The number of hydrogen-bond donors (Lipinski definition) is 2. The second kappa shape index (κ2) is 4.78. The highest BCUT2D eigenvalue weighted by atomic mass is 19.4. The quantitative estimate of drug-likeness (QED) is 0.586. The zero-order chi connectivity index (χ0) is 13.1. The molecule has 0 atom stereocenters. The minimum atomic E-state index is -4.50. The molecule has 0 aliphatic heterocycles. The van der Waals surface area contributed by atoms with Crippen LogP contribution in [0, 0.1) is 11.8 Å². The summed E-state index contributed by atoms with van der Waals surface area (Å²) in [5.74, 6) is 3.41. The van der Waals surface area contributed by atoms with Gasteiger partial charge in [-0.2, -0.15) is 13.2 Å². The summed E-state index contributed by atoms with van der Waals surface area (Å²) >= 11 is 0. The van der Waals surface area contributed by atoms with Crippen molar-refractivity contribution >= 4 is 11.7 Å². The molecule has 17 heavy (non-hydrogen) atoms. The van der Waals surface area contributed by atoms with E-state index in [4.69, 9.17) is 10.8 Å². The van der Waals surface area contributed by atoms with Crippen molar-refractivity contribution < 1.29 is 23.1 Å². The lowest BCUT2D eigenvalue weighted by Crippen LogP contribution is -2.06. The second-order valence-corrected chi connectivity index (χ2v) is 3.21.